The SMILES string of the molecule is N#Cc1cccnc1NC1CCCN(S(=O)(=O)c2ccc(Br)cc2)C1. The summed E-state index contributed by atoms with van der Waals surface area (Å²) >= 11 is 3.32. The van der Waals surface area contributed by atoms with Crippen LogP contribution < -0.4 is 5.32 Å². The van der Waals surface area contributed by atoms with E-state index in [2.05, 4.69) is 32.3 Å². The van der Waals surface area contributed by atoms with Gasteiger partial charge in [-0.15, -0.1) is 0 Å². The molecule has 1 fully saturated rings. The molecular formula is C17H17BrN4O2S. The number of piperidine rings is 1. The summed E-state index contributed by atoms with van der Waals surface area (Å²) in [5.74, 6) is 0.498. The molecule has 25 heavy (non-hydrogen) atoms. The molecule has 1 saturated heterocycles. The number of halogens is 1. The van der Waals surface area contributed by atoms with Crippen molar-refractivity contribution in [1.29, 1.82) is 5.26 Å². The Morgan fingerprint density at radius 3 is 2.76 bits per heavy atom. The molecule has 0 amide bonds. The summed E-state index contributed by atoms with van der Waals surface area (Å²) in [5.41, 5.74) is 0.454. The molecule has 6 nitrogen and oxygen atoms in total. The smallest absolute Gasteiger partial charge is 0.243 e. The minimum atomic E-state index is -3.53. The zero-order valence-electron chi connectivity index (χ0n) is 13.4. The van der Waals surface area contributed by atoms with Gasteiger partial charge in [0.2, 0.25) is 10.0 Å². The standard InChI is InChI=1S/C17H17BrN4O2S/c18-14-5-7-16(8-6-14)25(23,24)22-10-2-4-15(12-22)21-17-13(11-19)3-1-9-20-17/h1,3,5-9,15H,2,4,10,12H2,(H,20,21). The number of nitrogens with one attached hydrogen (secondary N) is 1. The monoisotopic (exact) mass is 420 g/mol. The van der Waals surface area contributed by atoms with Gasteiger partial charge in [-0.3, -0.25) is 0 Å². The fourth-order valence-electron chi connectivity index (χ4n) is 2.84. The maximum Gasteiger partial charge on any atom is 0.243 e. The van der Waals surface area contributed by atoms with E-state index in [0.29, 0.717) is 24.5 Å². The van der Waals surface area contributed by atoms with E-state index in [-0.39, 0.29) is 10.9 Å². The highest BCUT2D eigenvalue weighted by molar-refractivity contribution is 9.10. The van der Waals surface area contributed by atoms with Crippen molar-refractivity contribution in [3.05, 3.63) is 52.6 Å². The number of benzene rings is 1. The molecule has 0 saturated carbocycles. The van der Waals surface area contributed by atoms with Gasteiger partial charge in [0.25, 0.3) is 0 Å². The lowest BCUT2D eigenvalue weighted by Gasteiger charge is -2.32. The molecule has 1 aliphatic rings. The largest absolute Gasteiger partial charge is 0.365 e. The van der Waals surface area contributed by atoms with Crippen molar-refractivity contribution in [3.8, 4) is 6.07 Å². The first-order valence-electron chi connectivity index (χ1n) is 7.88. The van der Waals surface area contributed by atoms with Gasteiger partial charge >= 0.3 is 0 Å². The van der Waals surface area contributed by atoms with Gasteiger partial charge < -0.3 is 5.32 Å². The summed E-state index contributed by atoms with van der Waals surface area (Å²) in [5, 5.41) is 12.4. The summed E-state index contributed by atoms with van der Waals surface area (Å²) in [7, 11) is -3.53. The second kappa shape index (κ2) is 7.52. The Morgan fingerprint density at radius 1 is 1.28 bits per heavy atom. The first-order chi connectivity index (χ1) is 12.0. The van der Waals surface area contributed by atoms with Crippen LogP contribution in [0.2, 0.25) is 0 Å². The van der Waals surface area contributed by atoms with E-state index < -0.39 is 10.0 Å². The lowest BCUT2D eigenvalue weighted by Crippen LogP contribution is -2.45. The second-order valence-corrected chi connectivity index (χ2v) is 8.67. The molecule has 0 bridgehead atoms. The summed E-state index contributed by atoms with van der Waals surface area (Å²) in [6, 6.07) is 12.1. The number of sulfonamides is 1. The molecule has 0 spiro atoms. The van der Waals surface area contributed by atoms with Gasteiger partial charge in [0.15, 0.2) is 0 Å². The number of nitriles is 1. The fourth-order valence-corrected chi connectivity index (χ4v) is 4.63. The number of rotatable bonds is 4. The Hall–Kier alpha value is -1.95. The maximum absolute atomic E-state index is 12.8. The number of hydrogen-bond donors (Lipinski definition) is 1. The zero-order valence-corrected chi connectivity index (χ0v) is 15.8. The van der Waals surface area contributed by atoms with E-state index in [1.165, 1.54) is 4.31 Å². The quantitative estimate of drug-likeness (QED) is 0.821. The first kappa shape index (κ1) is 17.9. The van der Waals surface area contributed by atoms with Crippen LogP contribution in [0.5, 0.6) is 0 Å². The van der Waals surface area contributed by atoms with E-state index >= 15 is 0 Å². The van der Waals surface area contributed by atoms with Crippen LogP contribution in [0.4, 0.5) is 5.82 Å². The van der Waals surface area contributed by atoms with Gasteiger partial charge in [0.05, 0.1) is 10.5 Å². The van der Waals surface area contributed by atoms with Crippen LogP contribution in [0.15, 0.2) is 52.0 Å². The number of nitrogens with zero attached hydrogens (tertiary/aromatic N) is 3. The lowest BCUT2D eigenvalue weighted by molar-refractivity contribution is 0.326. The maximum atomic E-state index is 12.8. The summed E-state index contributed by atoms with van der Waals surface area (Å²) in [6.45, 7) is 0.837. The molecule has 8 heteroatoms. The van der Waals surface area contributed by atoms with E-state index in [4.69, 9.17) is 5.26 Å². The molecule has 1 aliphatic heterocycles. The van der Waals surface area contributed by atoms with Gasteiger partial charge in [-0.25, -0.2) is 13.4 Å². The Kier molecular flexibility index (Phi) is 5.37. The molecule has 2 aromatic rings. The predicted octanol–water partition coefficient (Wildman–Crippen LogP) is 2.98. The molecule has 130 valence electrons. The van der Waals surface area contributed by atoms with Crippen LogP contribution in [0.3, 0.4) is 0 Å². The average molecular weight is 421 g/mol. The number of pyridine rings is 1. The van der Waals surface area contributed by atoms with Crippen LogP contribution in [-0.2, 0) is 10.0 Å². The number of anilines is 1. The minimum Gasteiger partial charge on any atom is -0.365 e. The molecule has 3 rings (SSSR count). The highest BCUT2D eigenvalue weighted by Crippen LogP contribution is 2.24. The molecular weight excluding hydrogens is 404 g/mol. The fraction of sp³-hybridized carbons (Fsp3) is 0.294. The minimum absolute atomic E-state index is 0.0824. The van der Waals surface area contributed by atoms with Gasteiger partial charge in [0.1, 0.15) is 11.9 Å². The normalized spacial score (nSPS) is 18.5. The molecule has 1 N–H and O–H groups in total. The summed E-state index contributed by atoms with van der Waals surface area (Å²) in [4.78, 5) is 4.48. The Bertz CT molecular complexity index is 894. The van der Waals surface area contributed by atoms with E-state index in [1.54, 1.807) is 42.6 Å². The first-order valence-corrected chi connectivity index (χ1v) is 10.1. The van der Waals surface area contributed by atoms with Gasteiger partial charge in [-0.1, -0.05) is 15.9 Å². The molecule has 0 aliphatic carbocycles. The van der Waals surface area contributed by atoms with Crippen molar-refractivity contribution in [2.45, 2.75) is 23.8 Å². The van der Waals surface area contributed by atoms with E-state index in [1.807, 2.05) is 0 Å². The van der Waals surface area contributed by atoms with Crippen molar-refractivity contribution < 1.29 is 8.42 Å². The molecule has 2 heterocycles. The van der Waals surface area contributed by atoms with Crippen molar-refractivity contribution in [2.24, 2.45) is 0 Å². The molecule has 1 aromatic carbocycles. The molecule has 1 atom stereocenters. The van der Waals surface area contributed by atoms with Crippen LogP contribution in [0.1, 0.15) is 18.4 Å². The number of aromatic nitrogens is 1. The van der Waals surface area contributed by atoms with Gasteiger partial charge in [-0.2, -0.15) is 9.57 Å². The van der Waals surface area contributed by atoms with Crippen molar-refractivity contribution in [1.82, 2.24) is 9.29 Å². The van der Waals surface area contributed by atoms with Crippen molar-refractivity contribution in [3.63, 3.8) is 0 Å². The highest BCUT2D eigenvalue weighted by atomic mass is 79.9. The second-order valence-electron chi connectivity index (χ2n) is 5.81. The topological polar surface area (TPSA) is 86.1 Å². The average Bonchev–Trinajstić information content (AvgIpc) is 2.63. The van der Waals surface area contributed by atoms with Crippen molar-refractivity contribution in [2.75, 3.05) is 18.4 Å². The zero-order chi connectivity index (χ0) is 17.9. The Balaban J connectivity index is 1.77. The third-order valence-electron chi connectivity index (χ3n) is 4.10. The lowest BCUT2D eigenvalue weighted by atomic mass is 10.1. The summed E-state index contributed by atoms with van der Waals surface area (Å²) < 4.78 is 28.0. The highest BCUT2D eigenvalue weighted by Gasteiger charge is 2.30. The third-order valence-corrected chi connectivity index (χ3v) is 6.51. The Morgan fingerprint density at radius 2 is 2.04 bits per heavy atom. The molecule has 0 radical (unpaired) electrons. The van der Waals surface area contributed by atoms with E-state index in [9.17, 15) is 8.42 Å². The van der Waals surface area contributed by atoms with Crippen LogP contribution in [0.25, 0.3) is 0 Å². The third kappa shape index (κ3) is 4.00. The van der Waals surface area contributed by atoms with Crippen molar-refractivity contribution >= 4 is 31.8 Å². The van der Waals surface area contributed by atoms with E-state index in [0.717, 1.165) is 17.3 Å². The summed E-state index contributed by atoms with van der Waals surface area (Å²) in [6.07, 6.45) is 3.19. The Labute approximate surface area is 155 Å². The van der Waals surface area contributed by atoms with Crippen LogP contribution in [-0.4, -0.2) is 36.8 Å². The van der Waals surface area contributed by atoms with Crippen LogP contribution >= 0.6 is 15.9 Å². The molecule has 1 aromatic heterocycles. The predicted molar refractivity (Wildman–Crippen MR) is 98.5 cm³/mol. The molecule has 1 unspecified atom stereocenters. The number of hydrogen-bond acceptors (Lipinski definition) is 5. The van der Waals surface area contributed by atoms with Gasteiger partial charge in [-0.05, 0) is 49.2 Å². The van der Waals surface area contributed by atoms with Gasteiger partial charge in [0, 0.05) is 29.8 Å². The van der Waals surface area contributed by atoms with Crippen LogP contribution in [0, 0.1) is 11.3 Å².